The van der Waals surface area contributed by atoms with E-state index in [0.29, 0.717) is 0 Å². The van der Waals surface area contributed by atoms with Gasteiger partial charge in [0.05, 0.1) is 18.6 Å². The van der Waals surface area contributed by atoms with E-state index in [4.69, 9.17) is 10.00 Å². The molecule has 0 atom stereocenters. The van der Waals surface area contributed by atoms with Gasteiger partial charge in [0.2, 0.25) is 0 Å². The van der Waals surface area contributed by atoms with Crippen molar-refractivity contribution in [2.75, 3.05) is 7.11 Å². The fourth-order valence-electron chi connectivity index (χ4n) is 1.48. The van der Waals surface area contributed by atoms with E-state index in [-0.39, 0.29) is 0 Å². The number of methoxy groups -OCH3 is 1. The molecule has 1 rings (SSSR count). The Morgan fingerprint density at radius 2 is 2.00 bits per heavy atom. The minimum Gasteiger partial charge on any atom is -0.496 e. The second kappa shape index (κ2) is 3.71. The Bertz CT molecular complexity index is 374. The summed E-state index contributed by atoms with van der Waals surface area (Å²) in [7, 11) is 1.64. The molecule has 0 N–H and O–H groups in total. The molecule has 0 aliphatic heterocycles. The molecular formula is C12H15NO. The maximum atomic E-state index is 9.05. The van der Waals surface area contributed by atoms with Gasteiger partial charge in [-0.05, 0) is 26.3 Å². The summed E-state index contributed by atoms with van der Waals surface area (Å²) in [6, 6.07) is 8.15. The van der Waals surface area contributed by atoms with E-state index in [1.807, 2.05) is 39.0 Å². The molecular weight excluding hydrogens is 174 g/mol. The van der Waals surface area contributed by atoms with Crippen molar-refractivity contribution in [3.8, 4) is 11.8 Å². The summed E-state index contributed by atoms with van der Waals surface area (Å²) in [5.41, 5.74) is 1.51. The number of benzene rings is 1. The highest BCUT2D eigenvalue weighted by Crippen LogP contribution is 2.33. The third kappa shape index (κ3) is 1.72. The van der Waals surface area contributed by atoms with Gasteiger partial charge in [0, 0.05) is 5.56 Å². The minimum atomic E-state index is -0.503. The molecule has 0 saturated heterocycles. The molecule has 14 heavy (non-hydrogen) atoms. The lowest BCUT2D eigenvalue weighted by molar-refractivity contribution is 0.399. The SMILES string of the molecule is COc1c(C)cccc1C(C)(C)C#N. The second-order valence-corrected chi connectivity index (χ2v) is 3.89. The number of para-hydroxylation sites is 1. The van der Waals surface area contributed by atoms with E-state index >= 15 is 0 Å². The average Bonchev–Trinajstić information content (AvgIpc) is 2.17. The van der Waals surface area contributed by atoms with Crippen LogP contribution in [-0.2, 0) is 5.41 Å². The molecule has 0 aliphatic carbocycles. The van der Waals surface area contributed by atoms with Gasteiger partial charge in [0.15, 0.2) is 0 Å². The van der Waals surface area contributed by atoms with Crippen molar-refractivity contribution in [2.45, 2.75) is 26.2 Å². The number of ether oxygens (including phenoxy) is 1. The Balaban J connectivity index is 3.36. The van der Waals surface area contributed by atoms with Crippen LogP contribution in [0.2, 0.25) is 0 Å². The Hall–Kier alpha value is -1.49. The van der Waals surface area contributed by atoms with E-state index in [9.17, 15) is 0 Å². The molecule has 0 heterocycles. The molecule has 0 aromatic heterocycles. The van der Waals surface area contributed by atoms with Crippen molar-refractivity contribution in [2.24, 2.45) is 0 Å². The monoisotopic (exact) mass is 189 g/mol. The van der Waals surface area contributed by atoms with E-state index in [2.05, 4.69) is 6.07 Å². The molecule has 74 valence electrons. The fourth-order valence-corrected chi connectivity index (χ4v) is 1.48. The van der Waals surface area contributed by atoms with Gasteiger partial charge in [-0.3, -0.25) is 0 Å². The summed E-state index contributed by atoms with van der Waals surface area (Å²) in [4.78, 5) is 0. The molecule has 0 spiro atoms. The molecule has 0 saturated carbocycles. The van der Waals surface area contributed by atoms with Crippen LogP contribution in [0, 0.1) is 18.3 Å². The third-order valence-electron chi connectivity index (χ3n) is 2.37. The van der Waals surface area contributed by atoms with Crippen molar-refractivity contribution >= 4 is 0 Å². The Morgan fingerprint density at radius 1 is 1.36 bits per heavy atom. The van der Waals surface area contributed by atoms with E-state index in [1.54, 1.807) is 7.11 Å². The number of rotatable bonds is 2. The molecule has 0 radical (unpaired) electrons. The number of nitriles is 1. The number of aryl methyl sites for hydroxylation is 1. The van der Waals surface area contributed by atoms with Gasteiger partial charge in [-0.25, -0.2) is 0 Å². The highest BCUT2D eigenvalue weighted by Gasteiger charge is 2.24. The average molecular weight is 189 g/mol. The van der Waals surface area contributed by atoms with Crippen molar-refractivity contribution < 1.29 is 4.74 Å². The lowest BCUT2D eigenvalue weighted by atomic mass is 9.85. The second-order valence-electron chi connectivity index (χ2n) is 3.89. The van der Waals surface area contributed by atoms with Crippen LogP contribution in [0.15, 0.2) is 18.2 Å². The summed E-state index contributed by atoms with van der Waals surface area (Å²) in [5.74, 6) is 0.819. The number of hydrogen-bond donors (Lipinski definition) is 0. The Labute approximate surface area is 85.1 Å². The van der Waals surface area contributed by atoms with Gasteiger partial charge in [-0.2, -0.15) is 5.26 Å². The Morgan fingerprint density at radius 3 is 2.50 bits per heavy atom. The topological polar surface area (TPSA) is 33.0 Å². The Kier molecular flexibility index (Phi) is 2.81. The van der Waals surface area contributed by atoms with Crippen LogP contribution >= 0.6 is 0 Å². The summed E-state index contributed by atoms with van der Waals surface area (Å²) in [6.07, 6.45) is 0. The quantitative estimate of drug-likeness (QED) is 0.716. The van der Waals surface area contributed by atoms with E-state index in [1.165, 1.54) is 0 Å². The first-order chi connectivity index (χ1) is 6.53. The van der Waals surface area contributed by atoms with Crippen LogP contribution < -0.4 is 4.74 Å². The zero-order chi connectivity index (χ0) is 10.8. The summed E-state index contributed by atoms with van der Waals surface area (Å²) >= 11 is 0. The zero-order valence-corrected chi connectivity index (χ0v) is 9.09. The van der Waals surface area contributed by atoms with E-state index < -0.39 is 5.41 Å². The summed E-state index contributed by atoms with van der Waals surface area (Å²) < 4.78 is 5.31. The first-order valence-electron chi connectivity index (χ1n) is 4.58. The van der Waals surface area contributed by atoms with Crippen LogP contribution in [0.1, 0.15) is 25.0 Å². The predicted octanol–water partition coefficient (Wildman–Crippen LogP) is 2.80. The van der Waals surface area contributed by atoms with Gasteiger partial charge in [0.25, 0.3) is 0 Å². The van der Waals surface area contributed by atoms with E-state index in [0.717, 1.165) is 16.9 Å². The van der Waals surface area contributed by atoms with Gasteiger partial charge in [0.1, 0.15) is 5.75 Å². The highest BCUT2D eigenvalue weighted by atomic mass is 16.5. The van der Waals surface area contributed by atoms with Crippen LogP contribution in [0.4, 0.5) is 0 Å². The van der Waals surface area contributed by atoms with Gasteiger partial charge >= 0.3 is 0 Å². The van der Waals surface area contributed by atoms with Crippen molar-refractivity contribution in [3.05, 3.63) is 29.3 Å². The minimum absolute atomic E-state index is 0.503. The third-order valence-corrected chi connectivity index (χ3v) is 2.37. The van der Waals surface area contributed by atoms with Gasteiger partial charge < -0.3 is 4.74 Å². The maximum absolute atomic E-state index is 9.05. The number of nitrogens with zero attached hydrogens (tertiary/aromatic N) is 1. The van der Waals surface area contributed by atoms with Crippen molar-refractivity contribution in [1.82, 2.24) is 0 Å². The van der Waals surface area contributed by atoms with Crippen LogP contribution in [0.25, 0.3) is 0 Å². The molecule has 0 fully saturated rings. The van der Waals surface area contributed by atoms with Crippen LogP contribution in [0.3, 0.4) is 0 Å². The lowest BCUT2D eigenvalue weighted by Crippen LogP contribution is -2.15. The fraction of sp³-hybridized carbons (Fsp3) is 0.417. The first kappa shape index (κ1) is 10.6. The predicted molar refractivity (Wildman–Crippen MR) is 56.4 cm³/mol. The standard InChI is InChI=1S/C12H15NO/c1-9-6-5-7-10(11(9)14-4)12(2,3)8-13/h5-7H,1-4H3. The van der Waals surface area contributed by atoms with Crippen LogP contribution in [-0.4, -0.2) is 7.11 Å². The summed E-state index contributed by atoms with van der Waals surface area (Å²) in [5, 5.41) is 9.05. The molecule has 0 bridgehead atoms. The van der Waals surface area contributed by atoms with Crippen molar-refractivity contribution in [1.29, 1.82) is 5.26 Å². The lowest BCUT2D eigenvalue weighted by Gasteiger charge is -2.20. The zero-order valence-electron chi connectivity index (χ0n) is 9.09. The molecule has 0 unspecified atom stereocenters. The molecule has 1 aromatic rings. The number of hydrogen-bond acceptors (Lipinski definition) is 2. The maximum Gasteiger partial charge on any atom is 0.126 e. The molecule has 2 nitrogen and oxygen atoms in total. The van der Waals surface area contributed by atoms with Crippen molar-refractivity contribution in [3.63, 3.8) is 0 Å². The smallest absolute Gasteiger partial charge is 0.126 e. The molecule has 0 aliphatic rings. The summed E-state index contributed by atoms with van der Waals surface area (Å²) in [6.45, 7) is 5.77. The highest BCUT2D eigenvalue weighted by molar-refractivity contribution is 5.47. The largest absolute Gasteiger partial charge is 0.496 e. The first-order valence-corrected chi connectivity index (χ1v) is 4.58. The molecule has 1 aromatic carbocycles. The molecule has 2 heteroatoms. The van der Waals surface area contributed by atoms with Crippen LogP contribution in [0.5, 0.6) is 5.75 Å². The van der Waals surface area contributed by atoms with Gasteiger partial charge in [-0.1, -0.05) is 18.2 Å². The molecule has 0 amide bonds. The normalized spacial score (nSPS) is 10.8. The van der Waals surface area contributed by atoms with Gasteiger partial charge in [-0.15, -0.1) is 0 Å².